The van der Waals surface area contributed by atoms with Crippen LogP contribution in [0.5, 0.6) is 0 Å². The van der Waals surface area contributed by atoms with E-state index < -0.39 is 5.41 Å². The first-order valence-corrected chi connectivity index (χ1v) is 5.43. The molecule has 3 heteroatoms. The molecule has 1 saturated carbocycles. The molecule has 0 aromatic rings. The normalized spacial score (nSPS) is 34.2. The molecule has 0 aliphatic heterocycles. The lowest BCUT2D eigenvalue weighted by atomic mass is 9.63. The second-order valence-corrected chi connectivity index (χ2v) is 4.63. The van der Waals surface area contributed by atoms with Crippen LogP contribution in [0.4, 0.5) is 0 Å². The van der Waals surface area contributed by atoms with Gasteiger partial charge in [0.25, 0.3) is 0 Å². The van der Waals surface area contributed by atoms with E-state index in [1.54, 1.807) is 0 Å². The van der Waals surface area contributed by atoms with Gasteiger partial charge in [0.2, 0.25) is 0 Å². The summed E-state index contributed by atoms with van der Waals surface area (Å²) >= 11 is 0. The van der Waals surface area contributed by atoms with Gasteiger partial charge in [-0.2, -0.15) is 0 Å². The molecule has 0 N–H and O–H groups in total. The molecule has 0 radical (unpaired) electrons. The van der Waals surface area contributed by atoms with Gasteiger partial charge in [0.15, 0.2) is 0 Å². The predicted molar refractivity (Wildman–Crippen MR) is 55.2 cm³/mol. The Bertz CT molecular complexity index is 319. The van der Waals surface area contributed by atoms with Crippen LogP contribution in [0.25, 0.3) is 0 Å². The van der Waals surface area contributed by atoms with Crippen LogP contribution >= 0.6 is 0 Å². The molecule has 15 heavy (non-hydrogen) atoms. The van der Waals surface area contributed by atoms with Crippen LogP contribution < -0.4 is 0 Å². The Labute approximate surface area is 89.5 Å². The second-order valence-electron chi connectivity index (χ2n) is 4.63. The lowest BCUT2D eigenvalue weighted by Gasteiger charge is -2.40. The number of hydrogen-bond acceptors (Lipinski definition) is 3. The van der Waals surface area contributed by atoms with E-state index in [0.717, 1.165) is 32.0 Å². The molecule has 2 bridgehead atoms. The maximum absolute atomic E-state index is 11.8. The molecule has 0 amide bonds. The van der Waals surface area contributed by atoms with Gasteiger partial charge in [-0.25, -0.2) is 0 Å². The maximum Gasteiger partial charge on any atom is 0.312 e. The number of methoxy groups -OCH3 is 1. The van der Waals surface area contributed by atoms with E-state index >= 15 is 0 Å². The summed E-state index contributed by atoms with van der Waals surface area (Å²) in [4.78, 5) is 22.6. The quantitative estimate of drug-likeness (QED) is 0.395. The fourth-order valence-corrected chi connectivity index (χ4v) is 2.96. The Morgan fingerprint density at radius 3 is 3.13 bits per heavy atom. The molecule has 2 atom stereocenters. The van der Waals surface area contributed by atoms with E-state index in [9.17, 15) is 9.59 Å². The predicted octanol–water partition coefficient (Wildman–Crippen LogP) is 1.86. The minimum Gasteiger partial charge on any atom is -0.469 e. The van der Waals surface area contributed by atoms with Gasteiger partial charge in [0.05, 0.1) is 12.5 Å². The van der Waals surface area contributed by atoms with Crippen LogP contribution in [0.2, 0.25) is 0 Å². The zero-order chi connectivity index (χ0) is 10.9. The third kappa shape index (κ3) is 1.71. The summed E-state index contributed by atoms with van der Waals surface area (Å²) < 4.78 is 4.88. The van der Waals surface area contributed by atoms with Gasteiger partial charge >= 0.3 is 5.97 Å². The van der Waals surface area contributed by atoms with Gasteiger partial charge in [-0.05, 0) is 32.1 Å². The molecule has 0 aromatic heterocycles. The summed E-state index contributed by atoms with van der Waals surface area (Å²) in [6.45, 7) is 0. The molecule has 2 aliphatic rings. The SMILES string of the molecule is COC(=O)C12CCCC(=CC(C=O)C1)C2. The first-order valence-electron chi connectivity index (χ1n) is 5.43. The van der Waals surface area contributed by atoms with Crippen molar-refractivity contribution in [2.24, 2.45) is 11.3 Å². The zero-order valence-electron chi connectivity index (χ0n) is 8.99. The summed E-state index contributed by atoms with van der Waals surface area (Å²) in [5, 5.41) is 0. The maximum atomic E-state index is 11.8. The van der Waals surface area contributed by atoms with Crippen molar-refractivity contribution in [2.45, 2.75) is 32.1 Å². The van der Waals surface area contributed by atoms with E-state index in [-0.39, 0.29) is 11.9 Å². The largest absolute Gasteiger partial charge is 0.469 e. The highest BCUT2D eigenvalue weighted by Gasteiger charge is 2.45. The first-order chi connectivity index (χ1) is 7.20. The molecule has 0 heterocycles. The number of aldehydes is 1. The van der Waals surface area contributed by atoms with Crippen molar-refractivity contribution in [2.75, 3.05) is 7.11 Å². The molecule has 3 nitrogen and oxygen atoms in total. The summed E-state index contributed by atoms with van der Waals surface area (Å²) in [5.74, 6) is -0.229. The standard InChI is InChI=1S/C12H16O3/c1-15-11(14)12-4-2-3-9(6-12)5-10(7-12)8-13/h5,8,10H,2-4,6-7H2,1H3. The van der Waals surface area contributed by atoms with E-state index in [2.05, 4.69) is 0 Å². The van der Waals surface area contributed by atoms with E-state index in [1.165, 1.54) is 12.7 Å². The summed E-state index contributed by atoms with van der Waals surface area (Å²) in [5.41, 5.74) is 0.859. The molecule has 0 saturated heterocycles. The van der Waals surface area contributed by atoms with Crippen LogP contribution in [0, 0.1) is 11.3 Å². The van der Waals surface area contributed by atoms with Crippen molar-refractivity contribution in [3.8, 4) is 0 Å². The average molecular weight is 208 g/mol. The third-order valence-electron chi connectivity index (χ3n) is 3.59. The Morgan fingerprint density at radius 1 is 1.67 bits per heavy atom. The second kappa shape index (κ2) is 3.80. The van der Waals surface area contributed by atoms with Crippen LogP contribution in [0.3, 0.4) is 0 Å². The number of carbonyl (C=O) groups is 2. The highest BCUT2D eigenvalue weighted by molar-refractivity contribution is 5.79. The van der Waals surface area contributed by atoms with E-state index in [4.69, 9.17) is 4.74 Å². The van der Waals surface area contributed by atoms with Crippen molar-refractivity contribution in [1.29, 1.82) is 0 Å². The Kier molecular flexibility index (Phi) is 2.63. The van der Waals surface area contributed by atoms with Crippen LogP contribution in [0.15, 0.2) is 11.6 Å². The smallest absolute Gasteiger partial charge is 0.312 e. The number of allylic oxidation sites excluding steroid dienone is 2. The van der Waals surface area contributed by atoms with Gasteiger partial charge < -0.3 is 9.53 Å². The summed E-state index contributed by atoms with van der Waals surface area (Å²) in [6, 6.07) is 0. The van der Waals surface area contributed by atoms with Crippen molar-refractivity contribution >= 4 is 12.3 Å². The number of hydrogen-bond donors (Lipinski definition) is 0. The summed E-state index contributed by atoms with van der Waals surface area (Å²) in [7, 11) is 1.43. The van der Waals surface area contributed by atoms with Gasteiger partial charge in [0.1, 0.15) is 6.29 Å². The topological polar surface area (TPSA) is 43.4 Å². The molecule has 1 fully saturated rings. The minimum atomic E-state index is -0.400. The fraction of sp³-hybridized carbons (Fsp3) is 0.667. The Hall–Kier alpha value is -1.12. The lowest BCUT2D eigenvalue weighted by molar-refractivity contribution is -0.155. The van der Waals surface area contributed by atoms with Gasteiger partial charge in [0, 0.05) is 5.92 Å². The Morgan fingerprint density at radius 2 is 2.47 bits per heavy atom. The molecule has 2 unspecified atom stereocenters. The van der Waals surface area contributed by atoms with Crippen molar-refractivity contribution in [1.82, 2.24) is 0 Å². The third-order valence-corrected chi connectivity index (χ3v) is 3.59. The molecule has 0 aromatic carbocycles. The number of ether oxygens (including phenoxy) is 1. The fourth-order valence-electron chi connectivity index (χ4n) is 2.96. The van der Waals surface area contributed by atoms with Crippen molar-refractivity contribution in [3.63, 3.8) is 0 Å². The monoisotopic (exact) mass is 208 g/mol. The number of rotatable bonds is 2. The highest BCUT2D eigenvalue weighted by Crippen LogP contribution is 2.48. The molecule has 0 spiro atoms. The number of esters is 1. The van der Waals surface area contributed by atoms with E-state index in [1.807, 2.05) is 6.08 Å². The molecular formula is C12H16O3. The van der Waals surface area contributed by atoms with Crippen molar-refractivity contribution < 1.29 is 14.3 Å². The average Bonchev–Trinajstić information content (AvgIpc) is 2.27. The number of carbonyl (C=O) groups excluding carboxylic acids is 2. The summed E-state index contributed by atoms with van der Waals surface area (Å²) in [6.07, 6.45) is 7.34. The molecular weight excluding hydrogens is 192 g/mol. The zero-order valence-corrected chi connectivity index (χ0v) is 8.99. The molecule has 82 valence electrons. The molecule has 2 aliphatic carbocycles. The minimum absolute atomic E-state index is 0.0897. The van der Waals surface area contributed by atoms with Crippen LogP contribution in [-0.4, -0.2) is 19.4 Å². The Balaban J connectivity index is 2.29. The van der Waals surface area contributed by atoms with Gasteiger partial charge in [-0.1, -0.05) is 11.6 Å². The van der Waals surface area contributed by atoms with Crippen LogP contribution in [-0.2, 0) is 14.3 Å². The number of fused-ring (bicyclic) bond motifs is 2. The first kappa shape index (κ1) is 10.4. The van der Waals surface area contributed by atoms with Crippen LogP contribution in [0.1, 0.15) is 32.1 Å². The van der Waals surface area contributed by atoms with Crippen molar-refractivity contribution in [3.05, 3.63) is 11.6 Å². The molecule has 2 rings (SSSR count). The highest BCUT2D eigenvalue weighted by atomic mass is 16.5. The van der Waals surface area contributed by atoms with Gasteiger partial charge in [-0.3, -0.25) is 4.79 Å². The van der Waals surface area contributed by atoms with Gasteiger partial charge in [-0.15, -0.1) is 0 Å². The lowest BCUT2D eigenvalue weighted by Crippen LogP contribution is -2.39. The van der Waals surface area contributed by atoms with E-state index in [0.29, 0.717) is 6.42 Å².